The van der Waals surface area contributed by atoms with Crippen LogP contribution in [-0.2, 0) is 11.3 Å². The molecule has 0 aliphatic rings. The van der Waals surface area contributed by atoms with Crippen LogP contribution in [0.2, 0.25) is 5.15 Å². The molecule has 2 heterocycles. The number of hydrogen-bond acceptors (Lipinski definition) is 4. The summed E-state index contributed by atoms with van der Waals surface area (Å²) in [6, 6.07) is 3.69. The Morgan fingerprint density at radius 1 is 1.41 bits per heavy atom. The van der Waals surface area contributed by atoms with Gasteiger partial charge in [0.05, 0.1) is 15.9 Å². The Hall–Kier alpha value is -0.660. The van der Waals surface area contributed by atoms with E-state index in [-0.39, 0.29) is 0 Å². The van der Waals surface area contributed by atoms with Crippen molar-refractivity contribution in [3.63, 3.8) is 0 Å². The van der Waals surface area contributed by atoms with Crippen molar-refractivity contribution in [1.29, 1.82) is 0 Å². The van der Waals surface area contributed by atoms with Crippen molar-refractivity contribution in [3.05, 3.63) is 32.3 Å². The van der Waals surface area contributed by atoms with E-state index in [1.165, 1.54) is 0 Å². The number of methoxy groups -OCH3 is 1. The lowest BCUT2D eigenvalue weighted by Gasteiger charge is -2.05. The third kappa shape index (κ3) is 2.78. The van der Waals surface area contributed by atoms with Crippen molar-refractivity contribution in [1.82, 2.24) is 9.97 Å². The maximum atomic E-state index is 6.06. The summed E-state index contributed by atoms with van der Waals surface area (Å²) < 4.78 is 11.3. The predicted octanol–water partition coefficient (Wildman–Crippen LogP) is 3.45. The number of furan rings is 1. The number of nitrogens with zero attached hydrogens (tertiary/aromatic N) is 2. The van der Waals surface area contributed by atoms with Gasteiger partial charge in [-0.3, -0.25) is 0 Å². The first-order valence-corrected chi connectivity index (χ1v) is 6.35. The lowest BCUT2D eigenvalue weighted by Crippen LogP contribution is -2.01. The maximum absolute atomic E-state index is 6.06. The molecule has 0 unspecified atom stereocenters. The quantitative estimate of drug-likeness (QED) is 0.618. The molecule has 0 fully saturated rings. The number of aromatic nitrogens is 2. The molecule has 0 saturated heterocycles. The van der Waals surface area contributed by atoms with Crippen LogP contribution in [0.4, 0.5) is 0 Å². The highest BCUT2D eigenvalue weighted by molar-refractivity contribution is 14.1. The van der Waals surface area contributed by atoms with Crippen molar-refractivity contribution in [2.45, 2.75) is 13.5 Å². The second-order valence-electron chi connectivity index (χ2n) is 3.44. The average Bonchev–Trinajstić information content (AvgIpc) is 2.71. The van der Waals surface area contributed by atoms with E-state index in [0.29, 0.717) is 23.3 Å². The number of ether oxygens (including phenoxy) is 1. The highest BCUT2D eigenvalue weighted by atomic mass is 127. The fraction of sp³-hybridized carbons (Fsp3) is 0.273. The molecule has 0 spiro atoms. The van der Waals surface area contributed by atoms with Crippen molar-refractivity contribution >= 4 is 34.2 Å². The smallest absolute Gasteiger partial charge is 0.197 e. The topological polar surface area (TPSA) is 48.2 Å². The van der Waals surface area contributed by atoms with Crippen LogP contribution in [-0.4, -0.2) is 17.1 Å². The van der Waals surface area contributed by atoms with E-state index in [0.717, 1.165) is 15.0 Å². The van der Waals surface area contributed by atoms with Crippen LogP contribution in [0.3, 0.4) is 0 Å². The molecule has 0 amide bonds. The second kappa shape index (κ2) is 5.32. The molecule has 17 heavy (non-hydrogen) atoms. The Morgan fingerprint density at radius 2 is 2.18 bits per heavy atom. The molecule has 90 valence electrons. The largest absolute Gasteiger partial charge is 0.458 e. The summed E-state index contributed by atoms with van der Waals surface area (Å²) >= 11 is 8.16. The van der Waals surface area contributed by atoms with Gasteiger partial charge in [-0.2, -0.15) is 0 Å². The Bertz CT molecular complexity index is 542. The van der Waals surface area contributed by atoms with Gasteiger partial charge in [0.25, 0.3) is 0 Å². The third-order valence-corrected chi connectivity index (χ3v) is 3.85. The maximum Gasteiger partial charge on any atom is 0.197 e. The molecule has 0 aliphatic carbocycles. The minimum atomic E-state index is 0.396. The molecule has 0 N–H and O–H groups in total. The Kier molecular flexibility index (Phi) is 4.01. The number of rotatable bonds is 3. The molecular formula is C11H10ClIN2O2. The van der Waals surface area contributed by atoms with Crippen molar-refractivity contribution < 1.29 is 9.15 Å². The Morgan fingerprint density at radius 3 is 2.76 bits per heavy atom. The molecule has 0 bridgehead atoms. The molecule has 0 aliphatic heterocycles. The predicted molar refractivity (Wildman–Crippen MR) is 72.9 cm³/mol. The molecule has 0 aromatic carbocycles. The van der Waals surface area contributed by atoms with Crippen LogP contribution in [0.5, 0.6) is 0 Å². The van der Waals surface area contributed by atoms with Gasteiger partial charge in [0.2, 0.25) is 0 Å². The number of aryl methyl sites for hydroxylation is 1. The standard InChI is InChI=1S/C11H10ClIN2O2/c1-6-3-4-8(17-6)11-14-7(5-16-2)9(13)10(12)15-11/h3-4H,5H2,1-2H3. The van der Waals surface area contributed by atoms with Crippen molar-refractivity contribution in [3.8, 4) is 11.6 Å². The SMILES string of the molecule is COCc1nc(-c2ccc(C)o2)nc(Cl)c1I. The summed E-state index contributed by atoms with van der Waals surface area (Å²) in [6.45, 7) is 2.26. The summed E-state index contributed by atoms with van der Waals surface area (Å²) in [5.74, 6) is 1.90. The van der Waals surface area contributed by atoms with E-state index in [2.05, 4.69) is 32.6 Å². The zero-order chi connectivity index (χ0) is 12.4. The summed E-state index contributed by atoms with van der Waals surface area (Å²) in [5, 5.41) is 0.414. The number of hydrogen-bond donors (Lipinski definition) is 0. The van der Waals surface area contributed by atoms with Crippen LogP contribution in [0.1, 0.15) is 11.5 Å². The van der Waals surface area contributed by atoms with Crippen LogP contribution in [0.25, 0.3) is 11.6 Å². The van der Waals surface area contributed by atoms with Crippen LogP contribution >= 0.6 is 34.2 Å². The first-order valence-electron chi connectivity index (χ1n) is 4.89. The van der Waals surface area contributed by atoms with Gasteiger partial charge in [-0.05, 0) is 41.6 Å². The average molecular weight is 365 g/mol. The van der Waals surface area contributed by atoms with Gasteiger partial charge in [0, 0.05) is 7.11 Å². The van der Waals surface area contributed by atoms with Gasteiger partial charge in [-0.25, -0.2) is 9.97 Å². The molecule has 2 aromatic heterocycles. The normalized spacial score (nSPS) is 10.8. The van der Waals surface area contributed by atoms with E-state index in [1.807, 2.05) is 19.1 Å². The highest BCUT2D eigenvalue weighted by Crippen LogP contribution is 2.25. The van der Waals surface area contributed by atoms with E-state index >= 15 is 0 Å². The lowest BCUT2D eigenvalue weighted by molar-refractivity contribution is 0.181. The number of halogens is 2. The Balaban J connectivity index is 2.48. The Labute approximate surface area is 117 Å². The van der Waals surface area contributed by atoms with Crippen LogP contribution < -0.4 is 0 Å². The second-order valence-corrected chi connectivity index (χ2v) is 4.88. The third-order valence-electron chi connectivity index (χ3n) is 2.12. The van der Waals surface area contributed by atoms with Gasteiger partial charge >= 0.3 is 0 Å². The molecule has 6 heteroatoms. The summed E-state index contributed by atoms with van der Waals surface area (Å²) in [7, 11) is 1.61. The highest BCUT2D eigenvalue weighted by Gasteiger charge is 2.13. The van der Waals surface area contributed by atoms with Crippen molar-refractivity contribution in [2.24, 2.45) is 0 Å². The summed E-state index contributed by atoms with van der Waals surface area (Å²) in [6.07, 6.45) is 0. The molecular weight excluding hydrogens is 354 g/mol. The first-order chi connectivity index (χ1) is 8.11. The van der Waals surface area contributed by atoms with Gasteiger partial charge in [0.15, 0.2) is 11.6 Å². The molecule has 2 rings (SSSR count). The fourth-order valence-electron chi connectivity index (χ4n) is 1.36. The van der Waals surface area contributed by atoms with Crippen molar-refractivity contribution in [2.75, 3.05) is 7.11 Å². The van der Waals surface area contributed by atoms with Gasteiger partial charge < -0.3 is 9.15 Å². The van der Waals surface area contributed by atoms with E-state index in [4.69, 9.17) is 20.8 Å². The molecule has 0 atom stereocenters. The lowest BCUT2D eigenvalue weighted by atomic mass is 10.3. The summed E-state index contributed by atoms with van der Waals surface area (Å²) in [4.78, 5) is 8.58. The van der Waals surface area contributed by atoms with Gasteiger partial charge in [0.1, 0.15) is 10.9 Å². The summed E-state index contributed by atoms with van der Waals surface area (Å²) in [5.41, 5.74) is 0.761. The van der Waals surface area contributed by atoms with Crippen LogP contribution in [0.15, 0.2) is 16.5 Å². The van der Waals surface area contributed by atoms with E-state index in [1.54, 1.807) is 7.11 Å². The fourth-order valence-corrected chi connectivity index (χ4v) is 1.95. The minimum absolute atomic E-state index is 0.396. The minimum Gasteiger partial charge on any atom is -0.458 e. The monoisotopic (exact) mass is 364 g/mol. The van der Waals surface area contributed by atoms with Crippen LogP contribution in [0, 0.1) is 10.5 Å². The van der Waals surface area contributed by atoms with Gasteiger partial charge in [-0.15, -0.1) is 0 Å². The van der Waals surface area contributed by atoms with E-state index in [9.17, 15) is 0 Å². The molecule has 0 saturated carbocycles. The molecule has 4 nitrogen and oxygen atoms in total. The molecule has 0 radical (unpaired) electrons. The van der Waals surface area contributed by atoms with Gasteiger partial charge in [-0.1, -0.05) is 11.6 Å². The zero-order valence-corrected chi connectivity index (χ0v) is 12.2. The zero-order valence-electron chi connectivity index (χ0n) is 9.33. The molecule has 2 aromatic rings. The van der Waals surface area contributed by atoms with E-state index < -0.39 is 0 Å². The first kappa shape index (κ1) is 12.8.